The minimum atomic E-state index is -0.789. The van der Waals surface area contributed by atoms with E-state index in [0.29, 0.717) is 5.70 Å². The minimum Gasteiger partial charge on any atom is -0.457 e. The highest BCUT2D eigenvalue weighted by atomic mass is 16.5. The van der Waals surface area contributed by atoms with Crippen molar-refractivity contribution in [3.8, 4) is 44.9 Å². The van der Waals surface area contributed by atoms with Crippen LogP contribution in [0.4, 0.5) is 0 Å². The molecule has 8 aromatic rings. The smallest absolute Gasteiger partial charge is 0.132 e. The molecule has 1 aliphatic heterocycles. The molecule has 0 atom stereocenters. The van der Waals surface area contributed by atoms with Crippen LogP contribution in [0.25, 0.3) is 39.1 Å². The molecule has 268 valence electrons. The van der Waals surface area contributed by atoms with Crippen molar-refractivity contribution in [2.75, 3.05) is 7.05 Å². The van der Waals surface area contributed by atoms with E-state index in [1.54, 1.807) is 0 Å². The lowest BCUT2D eigenvalue weighted by atomic mass is 9.66. The lowest BCUT2D eigenvalue weighted by Crippen LogP contribution is -2.40. The lowest BCUT2D eigenvalue weighted by Gasteiger charge is -2.39. The Kier molecular flexibility index (Phi) is 8.06. The number of ether oxygens (including phenoxy) is 1. The van der Waals surface area contributed by atoms with Gasteiger partial charge in [0.15, 0.2) is 0 Å². The first-order valence-corrected chi connectivity index (χ1v) is 19.2. The standard InChI is InChI=1S/C53H40N2O/c1-55-52(41-22-14-20-38(32-41)36-16-4-2-5-17-36,42-23-15-21-39(33-42)37-18-6-3-7-19-37)35-49(54)40-30-31-51-48(34-40)53(47-28-12-13-29-50(47)56-51)45-26-10-8-24-43(45)44-25-9-11-27-46(44)53/h2-35,55H,54H2,1H3/b49-35-. The first-order valence-electron chi connectivity index (χ1n) is 19.2. The maximum Gasteiger partial charge on any atom is 0.132 e. The molecule has 0 fully saturated rings. The van der Waals surface area contributed by atoms with Crippen molar-refractivity contribution in [3.63, 3.8) is 0 Å². The number of hydrogen-bond donors (Lipinski definition) is 2. The SMILES string of the molecule is CNC(/C=C(\N)c1ccc2c(c1)C1(c3ccccc3O2)c2ccccc2-c2ccccc21)(c1cccc(-c2ccccc2)c1)c1cccc(-c2ccccc2)c1. The second kappa shape index (κ2) is 13.4. The second-order valence-electron chi connectivity index (χ2n) is 14.7. The van der Waals surface area contributed by atoms with E-state index in [1.165, 1.54) is 22.3 Å². The van der Waals surface area contributed by atoms with Crippen LogP contribution in [0.3, 0.4) is 0 Å². The Hall–Kier alpha value is -6.94. The van der Waals surface area contributed by atoms with E-state index in [4.69, 9.17) is 10.5 Å². The molecular formula is C53H40N2O. The molecule has 0 saturated heterocycles. The third-order valence-electron chi connectivity index (χ3n) is 11.8. The van der Waals surface area contributed by atoms with Crippen molar-refractivity contribution < 1.29 is 4.74 Å². The van der Waals surface area contributed by atoms with Gasteiger partial charge in [-0.05, 0) is 111 Å². The summed E-state index contributed by atoms with van der Waals surface area (Å²) in [6.07, 6.45) is 2.20. The molecule has 3 nitrogen and oxygen atoms in total. The van der Waals surface area contributed by atoms with E-state index < -0.39 is 11.0 Å². The highest BCUT2D eigenvalue weighted by Gasteiger charge is 2.51. The van der Waals surface area contributed by atoms with E-state index in [-0.39, 0.29) is 0 Å². The zero-order chi connectivity index (χ0) is 37.7. The molecule has 0 radical (unpaired) electrons. The van der Waals surface area contributed by atoms with Crippen molar-refractivity contribution in [2.45, 2.75) is 11.0 Å². The summed E-state index contributed by atoms with van der Waals surface area (Å²) in [6, 6.07) is 71.2. The van der Waals surface area contributed by atoms with E-state index in [1.807, 2.05) is 7.05 Å². The Morgan fingerprint density at radius 3 is 1.54 bits per heavy atom. The van der Waals surface area contributed by atoms with Crippen LogP contribution in [-0.2, 0) is 11.0 Å². The number of para-hydroxylation sites is 1. The van der Waals surface area contributed by atoms with Crippen molar-refractivity contribution in [1.29, 1.82) is 0 Å². The fourth-order valence-electron chi connectivity index (χ4n) is 9.20. The maximum absolute atomic E-state index is 7.41. The van der Waals surface area contributed by atoms with Crippen LogP contribution in [0.1, 0.15) is 38.9 Å². The maximum atomic E-state index is 7.41. The fourth-order valence-corrected chi connectivity index (χ4v) is 9.20. The topological polar surface area (TPSA) is 47.3 Å². The van der Waals surface area contributed by atoms with E-state index in [9.17, 15) is 0 Å². The third-order valence-corrected chi connectivity index (χ3v) is 11.8. The second-order valence-corrected chi connectivity index (χ2v) is 14.7. The van der Waals surface area contributed by atoms with Crippen LogP contribution < -0.4 is 15.8 Å². The summed E-state index contributed by atoms with van der Waals surface area (Å²) in [5.41, 5.74) is 21.6. The molecule has 56 heavy (non-hydrogen) atoms. The molecule has 8 aromatic carbocycles. The monoisotopic (exact) mass is 720 g/mol. The van der Waals surface area contributed by atoms with Crippen LogP contribution in [0.5, 0.6) is 11.5 Å². The van der Waals surface area contributed by atoms with Gasteiger partial charge in [-0.15, -0.1) is 0 Å². The largest absolute Gasteiger partial charge is 0.457 e. The van der Waals surface area contributed by atoms with Gasteiger partial charge >= 0.3 is 0 Å². The summed E-state index contributed by atoms with van der Waals surface area (Å²) >= 11 is 0. The van der Waals surface area contributed by atoms with Gasteiger partial charge in [-0.2, -0.15) is 0 Å². The van der Waals surface area contributed by atoms with Crippen LogP contribution in [0, 0.1) is 0 Å². The van der Waals surface area contributed by atoms with E-state index in [2.05, 4.69) is 212 Å². The van der Waals surface area contributed by atoms with Gasteiger partial charge in [-0.25, -0.2) is 0 Å². The van der Waals surface area contributed by atoms with Gasteiger partial charge in [-0.1, -0.05) is 164 Å². The average molecular weight is 721 g/mol. The number of nitrogens with two attached hydrogens (primary N) is 1. The minimum absolute atomic E-state index is 0.582. The zero-order valence-corrected chi connectivity index (χ0v) is 31.1. The number of rotatable bonds is 7. The van der Waals surface area contributed by atoms with Gasteiger partial charge in [0, 0.05) is 16.8 Å². The molecule has 0 saturated carbocycles. The molecule has 0 aromatic heterocycles. The van der Waals surface area contributed by atoms with Gasteiger partial charge in [0.2, 0.25) is 0 Å². The summed E-state index contributed by atoms with van der Waals surface area (Å²) in [5.74, 6) is 1.70. The van der Waals surface area contributed by atoms with Gasteiger partial charge < -0.3 is 15.8 Å². The Labute approximate surface area is 328 Å². The highest BCUT2D eigenvalue weighted by Crippen LogP contribution is 2.62. The highest BCUT2D eigenvalue weighted by molar-refractivity contribution is 5.89. The number of hydrogen-bond acceptors (Lipinski definition) is 3. The molecule has 3 heteroatoms. The van der Waals surface area contributed by atoms with Crippen LogP contribution in [0.15, 0.2) is 206 Å². The fraction of sp³-hybridized carbons (Fsp3) is 0.0566. The lowest BCUT2D eigenvalue weighted by molar-refractivity contribution is 0.436. The molecule has 1 aliphatic carbocycles. The summed E-state index contributed by atoms with van der Waals surface area (Å²) in [4.78, 5) is 0. The first-order chi connectivity index (χ1) is 27.6. The number of fused-ring (bicyclic) bond motifs is 9. The van der Waals surface area contributed by atoms with Gasteiger partial charge in [0.05, 0.1) is 11.0 Å². The normalized spacial score (nSPS) is 13.6. The van der Waals surface area contributed by atoms with Crippen LogP contribution in [-0.4, -0.2) is 7.05 Å². The van der Waals surface area contributed by atoms with Crippen molar-refractivity contribution in [3.05, 3.63) is 245 Å². The van der Waals surface area contributed by atoms with E-state index in [0.717, 1.165) is 61.6 Å². The number of benzene rings is 8. The van der Waals surface area contributed by atoms with Crippen molar-refractivity contribution in [1.82, 2.24) is 5.32 Å². The number of likely N-dealkylation sites (N-methyl/N-ethyl adjacent to an activating group) is 1. The summed E-state index contributed by atoms with van der Waals surface area (Å²) < 4.78 is 6.73. The number of nitrogens with one attached hydrogen (secondary N) is 1. The zero-order valence-electron chi connectivity index (χ0n) is 31.1. The van der Waals surface area contributed by atoms with Gasteiger partial charge in [0.1, 0.15) is 11.5 Å². The quantitative estimate of drug-likeness (QED) is 0.172. The molecule has 10 rings (SSSR count). The first kappa shape index (κ1) is 33.6. The average Bonchev–Trinajstić information content (AvgIpc) is 3.57. The van der Waals surface area contributed by atoms with Crippen LogP contribution >= 0.6 is 0 Å². The van der Waals surface area contributed by atoms with Crippen LogP contribution in [0.2, 0.25) is 0 Å². The van der Waals surface area contributed by atoms with Crippen molar-refractivity contribution >= 4 is 5.70 Å². The Balaban J connectivity index is 1.19. The molecule has 2 aliphatic rings. The van der Waals surface area contributed by atoms with Gasteiger partial charge in [-0.3, -0.25) is 0 Å². The summed E-state index contributed by atoms with van der Waals surface area (Å²) in [7, 11) is 2.02. The predicted molar refractivity (Wildman–Crippen MR) is 230 cm³/mol. The predicted octanol–water partition coefficient (Wildman–Crippen LogP) is 12.0. The Bertz CT molecular complexity index is 2660. The molecular weight excluding hydrogens is 681 g/mol. The molecule has 1 heterocycles. The molecule has 0 bridgehead atoms. The summed E-state index contributed by atoms with van der Waals surface area (Å²) in [6.45, 7) is 0. The third kappa shape index (κ3) is 5.16. The molecule has 1 spiro atoms. The summed E-state index contributed by atoms with van der Waals surface area (Å²) in [5, 5.41) is 3.78. The van der Waals surface area contributed by atoms with Crippen molar-refractivity contribution in [2.24, 2.45) is 5.73 Å². The molecule has 3 N–H and O–H groups in total. The van der Waals surface area contributed by atoms with E-state index >= 15 is 0 Å². The molecule has 0 amide bonds. The Morgan fingerprint density at radius 1 is 0.482 bits per heavy atom. The Morgan fingerprint density at radius 2 is 0.964 bits per heavy atom. The van der Waals surface area contributed by atoms with Gasteiger partial charge in [0.25, 0.3) is 0 Å². The molecule has 0 unspecified atom stereocenters.